The first kappa shape index (κ1) is 15.3. The van der Waals surface area contributed by atoms with E-state index in [2.05, 4.69) is 10.5 Å². The number of nitrogens with one attached hydrogen (secondary N) is 1. The van der Waals surface area contributed by atoms with Gasteiger partial charge in [-0.1, -0.05) is 6.08 Å². The van der Waals surface area contributed by atoms with Gasteiger partial charge in [0.15, 0.2) is 5.84 Å². The number of rotatable bonds is 2. The minimum atomic E-state index is -1.24. The van der Waals surface area contributed by atoms with E-state index in [1.54, 1.807) is 0 Å². The molecule has 11 heteroatoms. The summed E-state index contributed by atoms with van der Waals surface area (Å²) in [4.78, 5) is 41.6. The zero-order chi connectivity index (χ0) is 17.4. The smallest absolute Gasteiger partial charge is 0.321 e. The number of aliphatic imine (C=N–C) groups is 1. The Balaban J connectivity index is 1.98. The quantitative estimate of drug-likeness (QED) is 0.244. The van der Waals surface area contributed by atoms with Crippen LogP contribution in [0.15, 0.2) is 64.2 Å². The highest BCUT2D eigenvalue weighted by Crippen LogP contribution is 2.25. The van der Waals surface area contributed by atoms with E-state index in [4.69, 9.17) is 4.84 Å². The molecule has 0 saturated heterocycles. The molecule has 122 valence electrons. The summed E-state index contributed by atoms with van der Waals surface area (Å²) in [5.41, 5.74) is 1.17. The van der Waals surface area contributed by atoms with Crippen LogP contribution in [0.3, 0.4) is 0 Å². The SMILES string of the molecule is O=C1C=C(C2=N/C(=C3/C=CC=C(F)N3O)ON2)C=C([N+](=O)[O-])C1=O. The van der Waals surface area contributed by atoms with Gasteiger partial charge in [-0.2, -0.15) is 14.4 Å². The van der Waals surface area contributed by atoms with Crippen molar-refractivity contribution < 1.29 is 28.9 Å². The average molecular weight is 334 g/mol. The van der Waals surface area contributed by atoms with Crippen molar-refractivity contribution in [2.75, 3.05) is 0 Å². The molecule has 10 nitrogen and oxygen atoms in total. The number of allylic oxidation sites excluding steroid dienone is 5. The molecule has 0 amide bonds. The predicted octanol–water partition coefficient (Wildman–Crippen LogP) is 0.399. The predicted molar refractivity (Wildman–Crippen MR) is 73.8 cm³/mol. The normalized spacial score (nSPS) is 23.2. The maximum absolute atomic E-state index is 13.3. The molecule has 3 rings (SSSR count). The standard InChI is InChI=1S/C13H7FN4O6/c14-10-3-1-2-7(17(10)21)13-15-12(16-24-13)6-4-8(18(22)23)11(20)9(19)5-6/h1-5,21H,(H,15,16)/b13-7+. The van der Waals surface area contributed by atoms with E-state index >= 15 is 0 Å². The van der Waals surface area contributed by atoms with Gasteiger partial charge in [-0.3, -0.25) is 24.9 Å². The molecule has 0 aromatic carbocycles. The van der Waals surface area contributed by atoms with Crippen molar-refractivity contribution in [3.05, 3.63) is 69.3 Å². The Morgan fingerprint density at radius 2 is 2.12 bits per heavy atom. The number of hydroxylamine groups is 3. The zero-order valence-corrected chi connectivity index (χ0v) is 11.6. The lowest BCUT2D eigenvalue weighted by Crippen LogP contribution is -2.27. The van der Waals surface area contributed by atoms with Crippen LogP contribution in [0, 0.1) is 10.1 Å². The van der Waals surface area contributed by atoms with E-state index in [0.29, 0.717) is 0 Å². The Bertz CT molecular complexity index is 864. The minimum absolute atomic E-state index is 0.0674. The van der Waals surface area contributed by atoms with Crippen LogP contribution in [-0.2, 0) is 14.4 Å². The van der Waals surface area contributed by atoms with Crippen molar-refractivity contribution in [1.29, 1.82) is 0 Å². The van der Waals surface area contributed by atoms with Crippen molar-refractivity contribution in [3.63, 3.8) is 0 Å². The van der Waals surface area contributed by atoms with Gasteiger partial charge in [0.05, 0.1) is 4.92 Å². The molecule has 0 saturated carbocycles. The third-order valence-corrected chi connectivity index (χ3v) is 3.10. The van der Waals surface area contributed by atoms with Crippen LogP contribution in [0.4, 0.5) is 4.39 Å². The van der Waals surface area contributed by atoms with Crippen molar-refractivity contribution in [3.8, 4) is 0 Å². The van der Waals surface area contributed by atoms with Crippen molar-refractivity contribution >= 4 is 17.4 Å². The van der Waals surface area contributed by atoms with Crippen LogP contribution in [0.2, 0.25) is 0 Å². The Kier molecular flexibility index (Phi) is 3.54. The number of hydrogen-bond acceptors (Lipinski definition) is 9. The third-order valence-electron chi connectivity index (χ3n) is 3.10. The lowest BCUT2D eigenvalue weighted by molar-refractivity contribution is -0.418. The summed E-state index contributed by atoms with van der Waals surface area (Å²) < 4.78 is 13.3. The first-order valence-electron chi connectivity index (χ1n) is 6.34. The molecule has 2 N–H and O–H groups in total. The molecule has 2 aliphatic heterocycles. The molecule has 2 heterocycles. The molecule has 0 radical (unpaired) electrons. The van der Waals surface area contributed by atoms with Crippen LogP contribution in [-0.4, -0.2) is 32.6 Å². The monoisotopic (exact) mass is 334 g/mol. The Labute approximate surface area is 132 Å². The minimum Gasteiger partial charge on any atom is -0.358 e. The summed E-state index contributed by atoms with van der Waals surface area (Å²) in [5, 5.41) is 20.6. The van der Waals surface area contributed by atoms with Gasteiger partial charge >= 0.3 is 11.5 Å². The molecule has 0 bridgehead atoms. The van der Waals surface area contributed by atoms with Gasteiger partial charge in [-0.05, 0) is 12.2 Å². The summed E-state index contributed by atoms with van der Waals surface area (Å²) in [7, 11) is 0. The highest BCUT2D eigenvalue weighted by molar-refractivity contribution is 6.48. The number of nitro groups is 1. The average Bonchev–Trinajstić information content (AvgIpc) is 3.02. The fourth-order valence-corrected chi connectivity index (χ4v) is 1.97. The second kappa shape index (κ2) is 5.55. The highest BCUT2D eigenvalue weighted by atomic mass is 19.1. The van der Waals surface area contributed by atoms with Gasteiger partial charge in [-0.25, -0.2) is 5.48 Å². The van der Waals surface area contributed by atoms with E-state index in [9.17, 15) is 29.3 Å². The van der Waals surface area contributed by atoms with Gasteiger partial charge < -0.3 is 4.84 Å². The van der Waals surface area contributed by atoms with E-state index in [0.717, 1.165) is 18.2 Å². The molecule has 3 aliphatic rings. The molecule has 0 spiro atoms. The molecule has 0 aromatic heterocycles. The van der Waals surface area contributed by atoms with Crippen LogP contribution >= 0.6 is 0 Å². The van der Waals surface area contributed by atoms with E-state index in [-0.39, 0.29) is 28.1 Å². The van der Waals surface area contributed by atoms with Gasteiger partial charge in [0.2, 0.25) is 11.7 Å². The second-order valence-corrected chi connectivity index (χ2v) is 4.59. The van der Waals surface area contributed by atoms with Gasteiger partial charge in [0, 0.05) is 17.7 Å². The molecular formula is C13H7FN4O6. The highest BCUT2D eigenvalue weighted by Gasteiger charge is 2.34. The Hall–Kier alpha value is -3.60. The second-order valence-electron chi connectivity index (χ2n) is 4.59. The van der Waals surface area contributed by atoms with Crippen LogP contribution in [0.25, 0.3) is 0 Å². The number of nitrogens with zero attached hydrogens (tertiary/aromatic N) is 3. The first-order valence-corrected chi connectivity index (χ1v) is 6.34. The molecule has 0 aromatic rings. The number of halogens is 1. The summed E-state index contributed by atoms with van der Waals surface area (Å²) in [5.74, 6) is -3.66. The van der Waals surface area contributed by atoms with Crippen LogP contribution < -0.4 is 5.48 Å². The Morgan fingerprint density at radius 3 is 2.83 bits per heavy atom. The number of amidine groups is 1. The third kappa shape index (κ3) is 2.48. The number of carbonyl (C=O) groups excluding carboxylic acids is 2. The fraction of sp³-hybridized carbons (Fsp3) is 0. The van der Waals surface area contributed by atoms with Gasteiger partial charge in [0.25, 0.3) is 5.88 Å². The van der Waals surface area contributed by atoms with E-state index < -0.39 is 28.1 Å². The molecule has 0 atom stereocenters. The number of ketones is 2. The van der Waals surface area contributed by atoms with Crippen LogP contribution in [0.5, 0.6) is 0 Å². The van der Waals surface area contributed by atoms with Crippen molar-refractivity contribution in [2.24, 2.45) is 4.99 Å². The fourth-order valence-electron chi connectivity index (χ4n) is 1.97. The summed E-state index contributed by atoms with van der Waals surface area (Å²) >= 11 is 0. The zero-order valence-electron chi connectivity index (χ0n) is 11.6. The van der Waals surface area contributed by atoms with Crippen molar-refractivity contribution in [1.82, 2.24) is 10.5 Å². The summed E-state index contributed by atoms with van der Waals surface area (Å²) in [6.07, 6.45) is 5.31. The van der Waals surface area contributed by atoms with E-state index in [1.807, 2.05) is 0 Å². The molecule has 0 fully saturated rings. The largest absolute Gasteiger partial charge is 0.358 e. The van der Waals surface area contributed by atoms with Gasteiger partial charge in [0.1, 0.15) is 5.70 Å². The lowest BCUT2D eigenvalue weighted by Gasteiger charge is -2.17. The Morgan fingerprint density at radius 1 is 1.38 bits per heavy atom. The van der Waals surface area contributed by atoms with Crippen LogP contribution in [0.1, 0.15) is 0 Å². The maximum atomic E-state index is 13.3. The molecule has 24 heavy (non-hydrogen) atoms. The summed E-state index contributed by atoms with van der Waals surface area (Å²) in [6.45, 7) is 0. The molecule has 0 unspecified atom stereocenters. The number of carbonyl (C=O) groups is 2. The topological polar surface area (TPSA) is 134 Å². The maximum Gasteiger partial charge on any atom is 0.321 e. The molecule has 1 aliphatic carbocycles. The molecular weight excluding hydrogens is 327 g/mol. The number of hydrogen-bond donors (Lipinski definition) is 2. The lowest BCUT2D eigenvalue weighted by atomic mass is 10.0. The van der Waals surface area contributed by atoms with Crippen molar-refractivity contribution in [2.45, 2.75) is 0 Å². The van der Waals surface area contributed by atoms with E-state index in [1.165, 1.54) is 12.2 Å². The first-order chi connectivity index (χ1) is 11.4. The number of Topliss-reactive ketones (excluding diaryl/α,β-unsaturated/α-hetero) is 1. The summed E-state index contributed by atoms with van der Waals surface area (Å²) in [6, 6.07) is 0. The van der Waals surface area contributed by atoms with Gasteiger partial charge in [-0.15, -0.1) is 0 Å².